The predicted molar refractivity (Wildman–Crippen MR) is 60.8 cm³/mol. The average molecular weight is 187 g/mol. The van der Waals surface area contributed by atoms with Crippen molar-refractivity contribution in [1.29, 1.82) is 0 Å². The van der Waals surface area contributed by atoms with E-state index in [1.54, 1.807) is 0 Å². The third-order valence-electron chi connectivity index (χ3n) is 2.00. The lowest BCUT2D eigenvalue weighted by atomic mass is 10.2. The van der Waals surface area contributed by atoms with Crippen LogP contribution >= 0.6 is 0 Å². The topological polar surface area (TPSA) is 12.0 Å². The second kappa shape index (κ2) is 7.17. The molecule has 1 aromatic rings. The summed E-state index contributed by atoms with van der Waals surface area (Å²) in [6.07, 6.45) is 2.13. The monoisotopic (exact) mass is 187 g/mol. The Morgan fingerprint density at radius 3 is 2.71 bits per heavy atom. The molecule has 0 saturated carbocycles. The van der Waals surface area contributed by atoms with Crippen LogP contribution in [0.4, 0.5) is 0 Å². The SMILES string of the molecule is CC#CCCCNCc1ccccc1. The molecule has 0 aromatic heterocycles. The molecule has 0 fully saturated rings. The first-order valence-electron chi connectivity index (χ1n) is 5.07. The molecule has 0 saturated heterocycles. The smallest absolute Gasteiger partial charge is 0.0205 e. The van der Waals surface area contributed by atoms with Crippen LogP contribution in [0.1, 0.15) is 25.3 Å². The molecule has 0 amide bonds. The Kier molecular flexibility index (Phi) is 5.54. The predicted octanol–water partition coefficient (Wildman–Crippen LogP) is 2.58. The highest BCUT2D eigenvalue weighted by Gasteiger charge is 1.89. The average Bonchev–Trinajstić information content (AvgIpc) is 2.25. The van der Waals surface area contributed by atoms with Crippen LogP contribution in [0, 0.1) is 11.8 Å². The fraction of sp³-hybridized carbons (Fsp3) is 0.385. The van der Waals surface area contributed by atoms with E-state index in [0.29, 0.717) is 0 Å². The lowest BCUT2D eigenvalue weighted by Crippen LogP contribution is -2.14. The molecule has 1 heteroatoms. The van der Waals surface area contributed by atoms with Gasteiger partial charge >= 0.3 is 0 Å². The summed E-state index contributed by atoms with van der Waals surface area (Å²) in [5, 5.41) is 3.39. The molecule has 0 aliphatic carbocycles. The van der Waals surface area contributed by atoms with Gasteiger partial charge in [-0.2, -0.15) is 0 Å². The van der Waals surface area contributed by atoms with Crippen LogP contribution in [-0.4, -0.2) is 6.54 Å². The zero-order valence-electron chi connectivity index (χ0n) is 8.72. The first-order valence-corrected chi connectivity index (χ1v) is 5.07. The van der Waals surface area contributed by atoms with E-state index in [2.05, 4.69) is 41.4 Å². The first-order chi connectivity index (χ1) is 6.93. The van der Waals surface area contributed by atoms with Crippen molar-refractivity contribution >= 4 is 0 Å². The molecule has 0 atom stereocenters. The molecule has 0 radical (unpaired) electrons. The van der Waals surface area contributed by atoms with Crippen molar-refractivity contribution < 1.29 is 0 Å². The van der Waals surface area contributed by atoms with Gasteiger partial charge in [-0.3, -0.25) is 0 Å². The second-order valence-corrected chi connectivity index (χ2v) is 3.19. The zero-order valence-corrected chi connectivity index (χ0v) is 8.72. The molecule has 0 spiro atoms. The van der Waals surface area contributed by atoms with Gasteiger partial charge in [0.2, 0.25) is 0 Å². The van der Waals surface area contributed by atoms with Crippen LogP contribution < -0.4 is 5.32 Å². The van der Waals surface area contributed by atoms with E-state index in [1.165, 1.54) is 5.56 Å². The molecule has 1 N–H and O–H groups in total. The summed E-state index contributed by atoms with van der Waals surface area (Å²) in [5.41, 5.74) is 1.34. The highest BCUT2D eigenvalue weighted by atomic mass is 14.8. The first kappa shape index (κ1) is 10.8. The number of nitrogens with one attached hydrogen (secondary N) is 1. The minimum absolute atomic E-state index is 0.959. The van der Waals surface area contributed by atoms with Crippen molar-refractivity contribution in [3.05, 3.63) is 35.9 Å². The van der Waals surface area contributed by atoms with E-state index >= 15 is 0 Å². The van der Waals surface area contributed by atoms with Crippen molar-refractivity contribution in [2.24, 2.45) is 0 Å². The molecular formula is C13H17N. The third kappa shape index (κ3) is 4.69. The molecule has 0 bridgehead atoms. The molecule has 1 nitrogen and oxygen atoms in total. The zero-order chi connectivity index (χ0) is 10.1. The molecule has 1 aromatic carbocycles. The van der Waals surface area contributed by atoms with Gasteiger partial charge in [0.25, 0.3) is 0 Å². The van der Waals surface area contributed by atoms with Gasteiger partial charge in [0.05, 0.1) is 0 Å². The van der Waals surface area contributed by atoms with Crippen molar-refractivity contribution in [2.45, 2.75) is 26.3 Å². The Morgan fingerprint density at radius 2 is 2.00 bits per heavy atom. The second-order valence-electron chi connectivity index (χ2n) is 3.19. The number of unbranched alkanes of at least 4 members (excludes halogenated alkanes) is 1. The van der Waals surface area contributed by atoms with E-state index in [4.69, 9.17) is 0 Å². The highest BCUT2D eigenvalue weighted by molar-refractivity contribution is 5.14. The van der Waals surface area contributed by atoms with E-state index in [1.807, 2.05) is 13.0 Å². The van der Waals surface area contributed by atoms with Gasteiger partial charge < -0.3 is 5.32 Å². The summed E-state index contributed by atoms with van der Waals surface area (Å²) in [4.78, 5) is 0. The minimum atomic E-state index is 0.959. The van der Waals surface area contributed by atoms with E-state index in [-0.39, 0.29) is 0 Å². The van der Waals surface area contributed by atoms with Crippen molar-refractivity contribution in [1.82, 2.24) is 5.32 Å². The Labute approximate surface area is 86.5 Å². The summed E-state index contributed by atoms with van der Waals surface area (Å²) in [6, 6.07) is 10.5. The van der Waals surface area contributed by atoms with E-state index in [9.17, 15) is 0 Å². The van der Waals surface area contributed by atoms with Crippen molar-refractivity contribution in [2.75, 3.05) is 6.54 Å². The van der Waals surface area contributed by atoms with Crippen LogP contribution in [-0.2, 0) is 6.54 Å². The van der Waals surface area contributed by atoms with Crippen molar-refractivity contribution in [3.63, 3.8) is 0 Å². The number of rotatable bonds is 5. The highest BCUT2D eigenvalue weighted by Crippen LogP contribution is 1.97. The van der Waals surface area contributed by atoms with E-state index in [0.717, 1.165) is 25.9 Å². The Morgan fingerprint density at radius 1 is 1.21 bits per heavy atom. The quantitative estimate of drug-likeness (QED) is 0.552. The van der Waals surface area contributed by atoms with Crippen LogP contribution in [0.2, 0.25) is 0 Å². The van der Waals surface area contributed by atoms with Gasteiger partial charge in [-0.25, -0.2) is 0 Å². The number of hydrogen-bond donors (Lipinski definition) is 1. The summed E-state index contributed by atoms with van der Waals surface area (Å²) < 4.78 is 0. The molecule has 1 rings (SSSR count). The van der Waals surface area contributed by atoms with Crippen LogP contribution in [0.5, 0.6) is 0 Å². The molecule has 14 heavy (non-hydrogen) atoms. The summed E-state index contributed by atoms with van der Waals surface area (Å²) in [7, 11) is 0. The van der Waals surface area contributed by atoms with Gasteiger partial charge in [0.1, 0.15) is 0 Å². The Bertz CT molecular complexity index is 292. The normalized spacial score (nSPS) is 9.21. The lowest BCUT2D eigenvalue weighted by Gasteiger charge is -2.02. The largest absolute Gasteiger partial charge is 0.313 e. The molecule has 0 aliphatic heterocycles. The van der Waals surface area contributed by atoms with Gasteiger partial charge in [0.15, 0.2) is 0 Å². The summed E-state index contributed by atoms with van der Waals surface area (Å²) in [6.45, 7) is 3.89. The maximum atomic E-state index is 3.39. The number of benzene rings is 1. The van der Waals surface area contributed by atoms with E-state index < -0.39 is 0 Å². The maximum absolute atomic E-state index is 3.39. The minimum Gasteiger partial charge on any atom is -0.313 e. The Hall–Kier alpha value is -1.26. The molecule has 0 unspecified atom stereocenters. The molecular weight excluding hydrogens is 170 g/mol. The molecule has 0 heterocycles. The van der Waals surface area contributed by atoms with Gasteiger partial charge in [-0.05, 0) is 25.5 Å². The molecule has 0 aliphatic rings. The fourth-order valence-corrected chi connectivity index (χ4v) is 1.26. The standard InChI is InChI=1S/C13H17N/c1-2-3-4-8-11-14-12-13-9-6-5-7-10-13/h5-7,9-10,14H,4,8,11-12H2,1H3. The fourth-order valence-electron chi connectivity index (χ4n) is 1.26. The summed E-state index contributed by atoms with van der Waals surface area (Å²) in [5.74, 6) is 5.96. The van der Waals surface area contributed by atoms with Gasteiger partial charge in [-0.1, -0.05) is 30.3 Å². The molecule has 74 valence electrons. The van der Waals surface area contributed by atoms with Gasteiger partial charge in [0, 0.05) is 13.0 Å². The maximum Gasteiger partial charge on any atom is 0.0205 e. The van der Waals surface area contributed by atoms with Crippen LogP contribution in [0.25, 0.3) is 0 Å². The lowest BCUT2D eigenvalue weighted by molar-refractivity contribution is 0.659. The van der Waals surface area contributed by atoms with Crippen LogP contribution in [0.3, 0.4) is 0 Å². The Balaban J connectivity index is 2.06. The van der Waals surface area contributed by atoms with Gasteiger partial charge in [-0.15, -0.1) is 11.8 Å². The number of hydrogen-bond acceptors (Lipinski definition) is 1. The third-order valence-corrected chi connectivity index (χ3v) is 2.00. The summed E-state index contributed by atoms with van der Waals surface area (Å²) >= 11 is 0. The van der Waals surface area contributed by atoms with Crippen molar-refractivity contribution in [3.8, 4) is 11.8 Å². The van der Waals surface area contributed by atoms with Crippen LogP contribution in [0.15, 0.2) is 30.3 Å².